The number of methoxy groups -OCH3 is 1. The lowest BCUT2D eigenvalue weighted by atomic mass is 9.79. The average molecular weight is 333 g/mol. The summed E-state index contributed by atoms with van der Waals surface area (Å²) in [6.07, 6.45) is 4.27. The maximum atomic E-state index is 12.0. The summed E-state index contributed by atoms with van der Waals surface area (Å²) in [6.45, 7) is 2.90. The predicted molar refractivity (Wildman–Crippen MR) is 91.8 cm³/mol. The van der Waals surface area contributed by atoms with Crippen molar-refractivity contribution in [3.63, 3.8) is 0 Å². The quantitative estimate of drug-likeness (QED) is 0.779. The van der Waals surface area contributed by atoms with Crippen LogP contribution in [0.2, 0.25) is 0 Å². The van der Waals surface area contributed by atoms with E-state index in [1.54, 1.807) is 0 Å². The van der Waals surface area contributed by atoms with Crippen molar-refractivity contribution in [2.75, 3.05) is 20.3 Å². The summed E-state index contributed by atoms with van der Waals surface area (Å²) in [4.78, 5) is 23.8. The molecule has 1 amide bonds. The SMILES string of the molecule is COC(=O)C1CCCCC1CNC(=O)CCOc1ccc(C)cc1. The van der Waals surface area contributed by atoms with Crippen LogP contribution in [0, 0.1) is 18.8 Å². The number of nitrogens with one attached hydrogen (secondary N) is 1. The number of carbonyl (C=O) groups is 2. The Morgan fingerprint density at radius 1 is 1.17 bits per heavy atom. The van der Waals surface area contributed by atoms with Gasteiger partial charge in [-0.3, -0.25) is 9.59 Å². The van der Waals surface area contributed by atoms with E-state index in [9.17, 15) is 9.59 Å². The first-order valence-electron chi connectivity index (χ1n) is 8.64. The highest BCUT2D eigenvalue weighted by Gasteiger charge is 2.31. The number of aryl methyl sites for hydroxylation is 1. The molecule has 1 aromatic rings. The zero-order valence-electron chi connectivity index (χ0n) is 14.5. The third-order valence-electron chi connectivity index (χ3n) is 4.59. The number of ether oxygens (including phenoxy) is 2. The maximum absolute atomic E-state index is 12.0. The number of benzene rings is 1. The van der Waals surface area contributed by atoms with Crippen molar-refractivity contribution in [3.05, 3.63) is 29.8 Å². The summed E-state index contributed by atoms with van der Waals surface area (Å²) in [5.74, 6) is 0.653. The molecule has 5 nitrogen and oxygen atoms in total. The van der Waals surface area contributed by atoms with Crippen LogP contribution >= 0.6 is 0 Å². The lowest BCUT2D eigenvalue weighted by Gasteiger charge is -2.29. The number of rotatable bonds is 7. The zero-order valence-corrected chi connectivity index (χ0v) is 14.5. The molecule has 0 aliphatic heterocycles. The fraction of sp³-hybridized carbons (Fsp3) is 0.579. The number of esters is 1. The number of carbonyl (C=O) groups excluding carboxylic acids is 2. The molecule has 1 aliphatic carbocycles. The van der Waals surface area contributed by atoms with Crippen molar-refractivity contribution in [1.29, 1.82) is 0 Å². The Kier molecular flexibility index (Phi) is 7.09. The topological polar surface area (TPSA) is 64.6 Å². The van der Waals surface area contributed by atoms with E-state index in [2.05, 4.69) is 5.32 Å². The first-order chi connectivity index (χ1) is 11.6. The summed E-state index contributed by atoms with van der Waals surface area (Å²) >= 11 is 0. The van der Waals surface area contributed by atoms with Gasteiger partial charge in [-0.2, -0.15) is 0 Å². The first-order valence-corrected chi connectivity index (χ1v) is 8.64. The van der Waals surface area contributed by atoms with Crippen LogP contribution in [0.5, 0.6) is 5.75 Å². The van der Waals surface area contributed by atoms with Gasteiger partial charge in [-0.05, 0) is 37.8 Å². The fourth-order valence-electron chi connectivity index (χ4n) is 3.14. The molecule has 0 aromatic heterocycles. The number of amides is 1. The molecule has 0 spiro atoms. The van der Waals surface area contributed by atoms with Crippen LogP contribution in [0.4, 0.5) is 0 Å². The lowest BCUT2D eigenvalue weighted by Crippen LogP contribution is -2.38. The normalized spacial score (nSPS) is 20.2. The molecule has 0 saturated heterocycles. The molecule has 2 rings (SSSR count). The molecule has 2 unspecified atom stereocenters. The second-order valence-corrected chi connectivity index (χ2v) is 6.39. The Hall–Kier alpha value is -2.04. The van der Waals surface area contributed by atoms with E-state index >= 15 is 0 Å². The van der Waals surface area contributed by atoms with Crippen LogP contribution in [0.1, 0.15) is 37.7 Å². The van der Waals surface area contributed by atoms with E-state index in [1.807, 2.05) is 31.2 Å². The highest BCUT2D eigenvalue weighted by molar-refractivity contribution is 5.76. The molecule has 2 atom stereocenters. The Bertz CT molecular complexity index is 541. The fourth-order valence-corrected chi connectivity index (χ4v) is 3.14. The van der Waals surface area contributed by atoms with Gasteiger partial charge in [-0.15, -0.1) is 0 Å². The van der Waals surface area contributed by atoms with Gasteiger partial charge in [0.05, 0.1) is 26.1 Å². The molecule has 132 valence electrons. The van der Waals surface area contributed by atoms with Gasteiger partial charge in [0, 0.05) is 6.54 Å². The Morgan fingerprint density at radius 3 is 2.58 bits per heavy atom. The molecule has 0 radical (unpaired) electrons. The molecule has 24 heavy (non-hydrogen) atoms. The van der Waals surface area contributed by atoms with Gasteiger partial charge in [-0.1, -0.05) is 30.5 Å². The summed E-state index contributed by atoms with van der Waals surface area (Å²) in [5, 5.41) is 2.93. The van der Waals surface area contributed by atoms with Crippen LogP contribution in [-0.4, -0.2) is 32.1 Å². The van der Waals surface area contributed by atoms with Crippen molar-refractivity contribution in [2.24, 2.45) is 11.8 Å². The van der Waals surface area contributed by atoms with Gasteiger partial charge in [-0.25, -0.2) is 0 Å². The van der Waals surface area contributed by atoms with E-state index in [-0.39, 0.29) is 23.7 Å². The van der Waals surface area contributed by atoms with Crippen molar-refractivity contribution in [2.45, 2.75) is 39.0 Å². The molecular weight excluding hydrogens is 306 g/mol. The van der Waals surface area contributed by atoms with E-state index < -0.39 is 0 Å². The Balaban J connectivity index is 1.70. The predicted octanol–water partition coefficient (Wildman–Crippen LogP) is 2.86. The minimum atomic E-state index is -0.156. The minimum absolute atomic E-state index is 0.0451. The van der Waals surface area contributed by atoms with E-state index in [1.165, 1.54) is 12.7 Å². The average Bonchev–Trinajstić information content (AvgIpc) is 2.61. The Morgan fingerprint density at radius 2 is 1.88 bits per heavy atom. The standard InChI is InChI=1S/C19H27NO4/c1-14-7-9-16(10-8-14)24-12-11-18(21)20-13-15-5-3-4-6-17(15)19(22)23-2/h7-10,15,17H,3-6,11-13H2,1-2H3,(H,20,21). The molecule has 1 N–H and O–H groups in total. The van der Waals surface area contributed by atoms with Gasteiger partial charge in [0.1, 0.15) is 5.75 Å². The third kappa shape index (κ3) is 5.55. The highest BCUT2D eigenvalue weighted by Crippen LogP contribution is 2.30. The van der Waals surface area contributed by atoms with Gasteiger partial charge in [0.25, 0.3) is 0 Å². The van der Waals surface area contributed by atoms with E-state index in [0.29, 0.717) is 19.6 Å². The molecule has 0 bridgehead atoms. The Labute approximate surface area is 143 Å². The monoisotopic (exact) mass is 333 g/mol. The molecule has 1 fully saturated rings. The van der Waals surface area contributed by atoms with Gasteiger partial charge >= 0.3 is 5.97 Å². The second kappa shape index (κ2) is 9.30. The van der Waals surface area contributed by atoms with Crippen LogP contribution < -0.4 is 10.1 Å². The highest BCUT2D eigenvalue weighted by atomic mass is 16.5. The molecule has 5 heteroatoms. The van der Waals surface area contributed by atoms with Gasteiger partial charge in [0.15, 0.2) is 0 Å². The largest absolute Gasteiger partial charge is 0.493 e. The summed E-state index contributed by atoms with van der Waals surface area (Å²) in [7, 11) is 1.43. The zero-order chi connectivity index (χ0) is 17.4. The summed E-state index contributed by atoms with van der Waals surface area (Å²) in [6, 6.07) is 7.75. The molecule has 0 heterocycles. The van der Waals surface area contributed by atoms with Crippen molar-refractivity contribution in [1.82, 2.24) is 5.32 Å². The summed E-state index contributed by atoms with van der Waals surface area (Å²) in [5.41, 5.74) is 1.17. The van der Waals surface area contributed by atoms with Crippen LogP contribution in [0.3, 0.4) is 0 Å². The summed E-state index contributed by atoms with van der Waals surface area (Å²) < 4.78 is 10.4. The lowest BCUT2D eigenvalue weighted by molar-refractivity contribution is -0.148. The maximum Gasteiger partial charge on any atom is 0.309 e. The van der Waals surface area contributed by atoms with Crippen molar-refractivity contribution < 1.29 is 19.1 Å². The van der Waals surface area contributed by atoms with Crippen molar-refractivity contribution >= 4 is 11.9 Å². The van der Waals surface area contributed by atoms with Crippen LogP contribution in [0.15, 0.2) is 24.3 Å². The van der Waals surface area contributed by atoms with Crippen LogP contribution in [-0.2, 0) is 14.3 Å². The number of hydrogen-bond acceptors (Lipinski definition) is 4. The van der Waals surface area contributed by atoms with Crippen LogP contribution in [0.25, 0.3) is 0 Å². The molecular formula is C19H27NO4. The third-order valence-corrected chi connectivity index (χ3v) is 4.59. The van der Waals surface area contributed by atoms with E-state index in [4.69, 9.17) is 9.47 Å². The smallest absolute Gasteiger partial charge is 0.309 e. The first kappa shape index (κ1) is 18.3. The second-order valence-electron chi connectivity index (χ2n) is 6.39. The molecule has 1 saturated carbocycles. The molecule has 1 aromatic carbocycles. The minimum Gasteiger partial charge on any atom is -0.493 e. The van der Waals surface area contributed by atoms with Gasteiger partial charge in [0.2, 0.25) is 5.91 Å². The van der Waals surface area contributed by atoms with Crippen molar-refractivity contribution in [3.8, 4) is 5.75 Å². The van der Waals surface area contributed by atoms with Gasteiger partial charge < -0.3 is 14.8 Å². The number of hydrogen-bond donors (Lipinski definition) is 1. The van der Waals surface area contributed by atoms with E-state index in [0.717, 1.165) is 31.4 Å². The molecule has 1 aliphatic rings.